The van der Waals surface area contributed by atoms with Gasteiger partial charge in [-0.05, 0) is 18.2 Å². The number of nitrogens with one attached hydrogen (secondary N) is 1. The first-order valence-corrected chi connectivity index (χ1v) is 7.18. The van der Waals surface area contributed by atoms with Crippen LogP contribution in [-0.2, 0) is 10.0 Å². The van der Waals surface area contributed by atoms with Crippen LogP contribution in [0.5, 0.6) is 5.88 Å². The van der Waals surface area contributed by atoms with Gasteiger partial charge in [0.2, 0.25) is 5.88 Å². The molecule has 110 valence electrons. The van der Waals surface area contributed by atoms with Crippen molar-refractivity contribution in [2.75, 3.05) is 11.8 Å². The summed E-state index contributed by atoms with van der Waals surface area (Å²) in [6.07, 6.45) is 1.40. The molecule has 0 aliphatic heterocycles. The largest absolute Gasteiger partial charge is 0.481 e. The fourth-order valence-corrected chi connectivity index (χ4v) is 2.60. The van der Waals surface area contributed by atoms with Crippen LogP contribution in [0.1, 0.15) is 0 Å². The molecule has 1 heterocycles. The van der Waals surface area contributed by atoms with Gasteiger partial charge in [-0.25, -0.2) is 13.4 Å². The molecule has 21 heavy (non-hydrogen) atoms. The summed E-state index contributed by atoms with van der Waals surface area (Å²) in [6, 6.07) is 7.47. The van der Waals surface area contributed by atoms with Gasteiger partial charge >= 0.3 is 0 Å². The molecule has 2 aromatic rings. The van der Waals surface area contributed by atoms with Gasteiger partial charge in [0, 0.05) is 24.4 Å². The molecular weight excluding hydrogens is 298 g/mol. The summed E-state index contributed by atoms with van der Waals surface area (Å²) in [5.41, 5.74) is 0.0970. The first-order valence-electron chi connectivity index (χ1n) is 5.70. The van der Waals surface area contributed by atoms with E-state index in [9.17, 15) is 18.5 Å². The van der Waals surface area contributed by atoms with Crippen LogP contribution in [0.2, 0.25) is 0 Å². The number of nitro groups is 1. The van der Waals surface area contributed by atoms with E-state index in [1.54, 1.807) is 0 Å². The summed E-state index contributed by atoms with van der Waals surface area (Å²) in [5, 5.41) is 10.5. The summed E-state index contributed by atoms with van der Waals surface area (Å²) in [4.78, 5) is 13.7. The van der Waals surface area contributed by atoms with Gasteiger partial charge in [0.05, 0.1) is 22.6 Å². The molecule has 0 fully saturated rings. The van der Waals surface area contributed by atoms with Gasteiger partial charge < -0.3 is 4.74 Å². The molecule has 2 rings (SSSR count). The van der Waals surface area contributed by atoms with Crippen LogP contribution in [0.15, 0.2) is 47.5 Å². The number of hydrogen-bond donors (Lipinski definition) is 1. The number of anilines is 1. The Labute approximate surface area is 120 Å². The van der Waals surface area contributed by atoms with E-state index in [0.717, 1.165) is 12.1 Å². The Bertz CT molecular complexity index is 759. The summed E-state index contributed by atoms with van der Waals surface area (Å²) < 4.78 is 31.5. The van der Waals surface area contributed by atoms with Crippen molar-refractivity contribution in [3.05, 3.63) is 52.7 Å². The lowest BCUT2D eigenvalue weighted by Crippen LogP contribution is -2.13. The molecule has 0 saturated heterocycles. The van der Waals surface area contributed by atoms with Crippen LogP contribution < -0.4 is 9.46 Å². The van der Waals surface area contributed by atoms with Gasteiger partial charge in [-0.15, -0.1) is 0 Å². The molecule has 0 amide bonds. The topological polar surface area (TPSA) is 111 Å². The van der Waals surface area contributed by atoms with Crippen LogP contribution in [0, 0.1) is 10.1 Å². The van der Waals surface area contributed by atoms with Crippen molar-refractivity contribution in [3.63, 3.8) is 0 Å². The van der Waals surface area contributed by atoms with Crippen LogP contribution in [0.4, 0.5) is 11.4 Å². The number of nitro benzene ring substituents is 1. The van der Waals surface area contributed by atoms with Crippen LogP contribution >= 0.6 is 0 Å². The average molecular weight is 309 g/mol. The number of benzene rings is 1. The van der Waals surface area contributed by atoms with E-state index >= 15 is 0 Å². The van der Waals surface area contributed by atoms with E-state index < -0.39 is 14.9 Å². The van der Waals surface area contributed by atoms with Crippen molar-refractivity contribution in [2.45, 2.75) is 4.90 Å². The van der Waals surface area contributed by atoms with E-state index in [0.29, 0.717) is 0 Å². The second-order valence-corrected chi connectivity index (χ2v) is 5.63. The van der Waals surface area contributed by atoms with Crippen LogP contribution in [-0.4, -0.2) is 25.4 Å². The van der Waals surface area contributed by atoms with E-state index in [2.05, 4.69) is 9.71 Å². The minimum Gasteiger partial charge on any atom is -0.481 e. The number of hydrogen-bond acceptors (Lipinski definition) is 6. The molecule has 0 aliphatic carbocycles. The first kappa shape index (κ1) is 14.7. The standard InChI is InChI=1S/C12H11N3O5S/c1-20-12-8-9(6-7-13-12)14-21(18,19)11-4-2-10(3-5-11)15(16)17/h2-8H,1H3,(H,13,14). The SMILES string of the molecule is COc1cc(NS(=O)(=O)c2ccc([N+](=O)[O-])cc2)ccn1. The maximum Gasteiger partial charge on any atom is 0.269 e. The van der Waals surface area contributed by atoms with E-state index in [4.69, 9.17) is 4.74 Å². The number of aromatic nitrogens is 1. The molecule has 1 aromatic heterocycles. The number of rotatable bonds is 5. The highest BCUT2D eigenvalue weighted by atomic mass is 32.2. The van der Waals surface area contributed by atoms with E-state index in [1.807, 2.05) is 0 Å². The van der Waals surface area contributed by atoms with Crippen molar-refractivity contribution in [3.8, 4) is 5.88 Å². The molecule has 0 bridgehead atoms. The molecule has 0 saturated carbocycles. The number of sulfonamides is 1. The minimum absolute atomic E-state index is 0.0797. The first-order chi connectivity index (χ1) is 9.92. The zero-order valence-electron chi connectivity index (χ0n) is 10.9. The zero-order valence-corrected chi connectivity index (χ0v) is 11.7. The second-order valence-electron chi connectivity index (χ2n) is 3.94. The second kappa shape index (κ2) is 5.75. The number of pyridine rings is 1. The van der Waals surface area contributed by atoms with Gasteiger partial charge in [0.25, 0.3) is 15.7 Å². The number of non-ortho nitro benzene ring substituents is 1. The molecule has 8 nitrogen and oxygen atoms in total. The Balaban J connectivity index is 2.27. The molecular formula is C12H11N3O5S. The van der Waals surface area contributed by atoms with Crippen molar-refractivity contribution < 1.29 is 18.1 Å². The lowest BCUT2D eigenvalue weighted by atomic mass is 10.3. The maximum atomic E-state index is 12.1. The Morgan fingerprint density at radius 2 is 1.90 bits per heavy atom. The third-order valence-electron chi connectivity index (χ3n) is 2.55. The Morgan fingerprint density at radius 3 is 2.48 bits per heavy atom. The third-order valence-corrected chi connectivity index (χ3v) is 3.95. The molecule has 0 unspecified atom stereocenters. The zero-order chi connectivity index (χ0) is 15.5. The molecule has 0 aliphatic rings. The monoisotopic (exact) mass is 309 g/mol. The quantitative estimate of drug-likeness (QED) is 0.666. The highest BCUT2D eigenvalue weighted by molar-refractivity contribution is 7.92. The lowest BCUT2D eigenvalue weighted by Gasteiger charge is -2.08. The lowest BCUT2D eigenvalue weighted by molar-refractivity contribution is -0.384. The molecule has 9 heteroatoms. The van der Waals surface area contributed by atoms with Crippen molar-refractivity contribution in [1.82, 2.24) is 4.98 Å². The van der Waals surface area contributed by atoms with Gasteiger partial charge in [-0.2, -0.15) is 0 Å². The average Bonchev–Trinajstić information content (AvgIpc) is 2.47. The van der Waals surface area contributed by atoms with Crippen LogP contribution in [0.25, 0.3) is 0 Å². The van der Waals surface area contributed by atoms with Gasteiger partial charge in [-0.3, -0.25) is 14.8 Å². The van der Waals surface area contributed by atoms with Crippen molar-refractivity contribution in [2.24, 2.45) is 0 Å². The summed E-state index contributed by atoms with van der Waals surface area (Å²) in [5.74, 6) is 0.263. The predicted octanol–water partition coefficient (Wildman–Crippen LogP) is 1.80. The smallest absolute Gasteiger partial charge is 0.269 e. The molecule has 0 atom stereocenters. The number of methoxy groups -OCH3 is 1. The Morgan fingerprint density at radius 1 is 1.24 bits per heavy atom. The van der Waals surface area contributed by atoms with Crippen molar-refractivity contribution in [1.29, 1.82) is 0 Å². The number of ether oxygens (including phenoxy) is 1. The van der Waals surface area contributed by atoms with Gasteiger partial charge in [0.1, 0.15) is 0 Å². The predicted molar refractivity (Wildman–Crippen MR) is 74.7 cm³/mol. The van der Waals surface area contributed by atoms with Crippen LogP contribution in [0.3, 0.4) is 0 Å². The molecule has 1 aromatic carbocycles. The van der Waals surface area contributed by atoms with E-state index in [-0.39, 0.29) is 22.2 Å². The third kappa shape index (κ3) is 3.45. The Kier molecular flexibility index (Phi) is 4.03. The van der Waals surface area contributed by atoms with E-state index in [1.165, 1.54) is 37.6 Å². The van der Waals surface area contributed by atoms with Crippen molar-refractivity contribution >= 4 is 21.4 Å². The summed E-state index contributed by atoms with van der Waals surface area (Å²) >= 11 is 0. The highest BCUT2D eigenvalue weighted by Gasteiger charge is 2.16. The minimum atomic E-state index is -3.84. The molecule has 0 spiro atoms. The Hall–Kier alpha value is -2.68. The summed E-state index contributed by atoms with van der Waals surface area (Å²) in [7, 11) is -2.42. The normalized spacial score (nSPS) is 10.9. The maximum absolute atomic E-state index is 12.1. The fraction of sp³-hybridized carbons (Fsp3) is 0.0833. The molecule has 0 radical (unpaired) electrons. The number of nitrogens with zero attached hydrogens (tertiary/aromatic N) is 2. The van der Waals surface area contributed by atoms with Gasteiger partial charge in [0.15, 0.2) is 0 Å². The highest BCUT2D eigenvalue weighted by Crippen LogP contribution is 2.20. The summed E-state index contributed by atoms with van der Waals surface area (Å²) in [6.45, 7) is 0. The molecule has 1 N–H and O–H groups in total. The van der Waals surface area contributed by atoms with Gasteiger partial charge in [-0.1, -0.05) is 0 Å². The fourth-order valence-electron chi connectivity index (χ4n) is 1.55.